The molecule has 0 heterocycles. The molecule has 0 saturated heterocycles. The summed E-state index contributed by atoms with van der Waals surface area (Å²) in [5.41, 5.74) is 4.48. The maximum Gasteiger partial charge on any atom is 0.333 e. The minimum absolute atomic E-state index is 0.316. The molecule has 0 radical (unpaired) electrons. The fourth-order valence-electron chi connectivity index (χ4n) is 4.01. The molecule has 0 spiro atoms. The lowest BCUT2D eigenvalue weighted by molar-refractivity contribution is -0.144. The third kappa shape index (κ3) is 6.12. The summed E-state index contributed by atoms with van der Waals surface area (Å²) >= 11 is 0. The molecule has 2 unspecified atom stereocenters. The van der Waals surface area contributed by atoms with Crippen LogP contribution in [0.1, 0.15) is 31.2 Å². The third-order valence-corrected chi connectivity index (χ3v) is 8.03. The standard InChI is InChI=1S/C29H31O3P/c1-21(2)29(30)32-24(19-31-23-11-5-4-6-12-23)20-33(3)28-16-10-9-15-27(28)26-14-8-7-13-25(26)22-17-18-22/h4-16,22,24H,1,17-20H2,2-3H3. The number of hydrogen-bond donors (Lipinski definition) is 0. The Morgan fingerprint density at radius 3 is 2.30 bits per heavy atom. The van der Waals surface area contributed by atoms with Gasteiger partial charge in [0.15, 0.2) is 0 Å². The minimum Gasteiger partial charge on any atom is -0.490 e. The number of ether oxygens (including phenoxy) is 2. The first-order chi connectivity index (χ1) is 16.0. The Morgan fingerprint density at radius 1 is 0.970 bits per heavy atom. The van der Waals surface area contributed by atoms with Crippen molar-refractivity contribution in [3.63, 3.8) is 0 Å². The first-order valence-corrected chi connectivity index (χ1v) is 13.4. The van der Waals surface area contributed by atoms with Crippen LogP contribution < -0.4 is 10.0 Å². The average molecular weight is 459 g/mol. The minimum atomic E-state index is -0.588. The van der Waals surface area contributed by atoms with Crippen molar-refractivity contribution in [1.29, 1.82) is 0 Å². The maximum atomic E-state index is 12.3. The van der Waals surface area contributed by atoms with Crippen LogP contribution in [0.15, 0.2) is 91.0 Å². The van der Waals surface area contributed by atoms with Crippen molar-refractivity contribution >= 4 is 19.2 Å². The summed E-state index contributed by atoms with van der Waals surface area (Å²) in [6.07, 6.45) is 2.92. The number of rotatable bonds is 10. The van der Waals surface area contributed by atoms with Crippen LogP contribution in [0.4, 0.5) is 0 Å². The van der Waals surface area contributed by atoms with Gasteiger partial charge in [0.1, 0.15) is 18.5 Å². The van der Waals surface area contributed by atoms with Crippen molar-refractivity contribution in [1.82, 2.24) is 0 Å². The Balaban J connectivity index is 1.56. The number of esters is 1. The molecule has 1 fully saturated rings. The van der Waals surface area contributed by atoms with Gasteiger partial charge in [-0.15, -0.1) is 0 Å². The molecule has 33 heavy (non-hydrogen) atoms. The quantitative estimate of drug-likeness (QED) is 0.197. The van der Waals surface area contributed by atoms with E-state index in [0.717, 1.165) is 11.9 Å². The maximum absolute atomic E-state index is 12.3. The number of para-hydroxylation sites is 1. The van der Waals surface area contributed by atoms with Crippen LogP contribution in [0, 0.1) is 0 Å². The van der Waals surface area contributed by atoms with Gasteiger partial charge in [0, 0.05) is 11.7 Å². The highest BCUT2D eigenvalue weighted by atomic mass is 31.1. The van der Waals surface area contributed by atoms with Gasteiger partial charge in [-0.25, -0.2) is 4.79 Å². The molecular weight excluding hydrogens is 427 g/mol. The topological polar surface area (TPSA) is 35.5 Å². The first kappa shape index (κ1) is 23.3. The zero-order valence-electron chi connectivity index (χ0n) is 19.4. The molecular formula is C29H31O3P. The molecule has 4 heteroatoms. The molecule has 3 nitrogen and oxygen atoms in total. The van der Waals surface area contributed by atoms with Crippen LogP contribution in [-0.2, 0) is 9.53 Å². The summed E-state index contributed by atoms with van der Waals surface area (Å²) in [6.45, 7) is 7.99. The van der Waals surface area contributed by atoms with E-state index in [1.54, 1.807) is 6.92 Å². The number of hydrogen-bond acceptors (Lipinski definition) is 3. The van der Waals surface area contributed by atoms with Gasteiger partial charge in [0.05, 0.1) is 0 Å². The normalized spacial score (nSPS) is 14.8. The predicted molar refractivity (Wildman–Crippen MR) is 138 cm³/mol. The van der Waals surface area contributed by atoms with Crippen molar-refractivity contribution in [3.8, 4) is 16.9 Å². The van der Waals surface area contributed by atoms with Crippen LogP contribution in [0.3, 0.4) is 0 Å². The molecule has 1 aliphatic carbocycles. The Hall–Kier alpha value is -2.90. The summed E-state index contributed by atoms with van der Waals surface area (Å²) in [5.74, 6) is 1.08. The zero-order valence-corrected chi connectivity index (χ0v) is 20.3. The van der Waals surface area contributed by atoms with Crippen LogP contribution in [-0.4, -0.2) is 31.5 Å². The van der Waals surface area contributed by atoms with Gasteiger partial charge in [-0.05, 0) is 66.5 Å². The van der Waals surface area contributed by atoms with Crippen molar-refractivity contribution in [2.75, 3.05) is 19.4 Å². The summed E-state index contributed by atoms with van der Waals surface area (Å²) in [6, 6.07) is 27.1. The molecule has 3 aromatic rings. The Morgan fingerprint density at radius 2 is 1.61 bits per heavy atom. The van der Waals surface area contributed by atoms with Crippen molar-refractivity contribution in [3.05, 3.63) is 96.6 Å². The van der Waals surface area contributed by atoms with Gasteiger partial charge >= 0.3 is 5.97 Å². The second-order valence-corrected chi connectivity index (χ2v) is 10.9. The van der Waals surface area contributed by atoms with Crippen LogP contribution in [0.2, 0.25) is 0 Å². The van der Waals surface area contributed by atoms with Gasteiger partial charge in [0.2, 0.25) is 0 Å². The molecule has 0 N–H and O–H groups in total. The lowest BCUT2D eigenvalue weighted by atomic mass is 9.97. The molecule has 3 aromatic carbocycles. The summed E-state index contributed by atoms with van der Waals surface area (Å²) < 4.78 is 11.8. The monoisotopic (exact) mass is 458 g/mol. The highest BCUT2D eigenvalue weighted by molar-refractivity contribution is 7.65. The van der Waals surface area contributed by atoms with Gasteiger partial charge in [-0.2, -0.15) is 0 Å². The van der Waals surface area contributed by atoms with Crippen molar-refractivity contribution in [2.45, 2.75) is 31.8 Å². The lowest BCUT2D eigenvalue weighted by Gasteiger charge is -2.24. The molecule has 0 bridgehead atoms. The van der Waals surface area contributed by atoms with Gasteiger partial charge in [-0.1, -0.05) is 81.2 Å². The molecule has 2 atom stereocenters. The Kier molecular flexibility index (Phi) is 7.62. The first-order valence-electron chi connectivity index (χ1n) is 11.5. The van der Waals surface area contributed by atoms with E-state index in [4.69, 9.17) is 9.47 Å². The van der Waals surface area contributed by atoms with Crippen LogP contribution in [0.25, 0.3) is 11.1 Å². The Bertz CT molecular complexity index is 1100. The largest absolute Gasteiger partial charge is 0.490 e. The smallest absolute Gasteiger partial charge is 0.333 e. The van der Waals surface area contributed by atoms with Gasteiger partial charge in [0.25, 0.3) is 0 Å². The van der Waals surface area contributed by atoms with E-state index in [9.17, 15) is 4.79 Å². The molecule has 0 aliphatic heterocycles. The molecule has 0 amide bonds. The fraction of sp³-hybridized carbons (Fsp3) is 0.276. The molecule has 1 aliphatic rings. The zero-order chi connectivity index (χ0) is 23.2. The molecule has 0 aromatic heterocycles. The van der Waals surface area contributed by atoms with Gasteiger partial charge in [-0.3, -0.25) is 0 Å². The van der Waals surface area contributed by atoms with Crippen LogP contribution >= 0.6 is 7.92 Å². The van der Waals surface area contributed by atoms with Crippen molar-refractivity contribution < 1.29 is 14.3 Å². The van der Waals surface area contributed by atoms with Crippen molar-refractivity contribution in [2.24, 2.45) is 0 Å². The van der Waals surface area contributed by atoms with E-state index >= 15 is 0 Å². The predicted octanol–water partition coefficient (Wildman–Crippen LogP) is 6.53. The summed E-state index contributed by atoms with van der Waals surface area (Å²) in [4.78, 5) is 12.3. The number of carbonyl (C=O) groups excluding carboxylic acids is 1. The third-order valence-electron chi connectivity index (χ3n) is 5.86. The number of benzene rings is 3. The van der Waals surface area contributed by atoms with E-state index in [0.29, 0.717) is 18.1 Å². The average Bonchev–Trinajstić information content (AvgIpc) is 3.68. The SMILES string of the molecule is C=C(C)C(=O)OC(COc1ccccc1)CP(C)c1ccccc1-c1ccccc1C1CC1. The lowest BCUT2D eigenvalue weighted by Crippen LogP contribution is -2.29. The molecule has 4 rings (SSSR count). The molecule has 1 saturated carbocycles. The summed E-state index contributed by atoms with van der Waals surface area (Å²) in [5, 5.41) is 1.33. The fourth-order valence-corrected chi connectivity index (χ4v) is 5.95. The number of carbonyl (C=O) groups is 1. The highest BCUT2D eigenvalue weighted by Gasteiger charge is 2.27. The summed E-state index contributed by atoms with van der Waals surface area (Å²) in [7, 11) is -0.588. The second-order valence-electron chi connectivity index (χ2n) is 8.69. The Labute approximate surface area is 198 Å². The van der Waals surface area contributed by atoms with E-state index in [2.05, 4.69) is 61.8 Å². The second kappa shape index (κ2) is 10.8. The molecule has 170 valence electrons. The van der Waals surface area contributed by atoms with E-state index in [1.807, 2.05) is 30.3 Å². The van der Waals surface area contributed by atoms with E-state index in [1.165, 1.54) is 34.8 Å². The van der Waals surface area contributed by atoms with Crippen LogP contribution in [0.5, 0.6) is 5.75 Å². The van der Waals surface area contributed by atoms with E-state index in [-0.39, 0.29) is 12.1 Å². The van der Waals surface area contributed by atoms with Gasteiger partial charge < -0.3 is 9.47 Å². The highest BCUT2D eigenvalue weighted by Crippen LogP contribution is 2.45. The van der Waals surface area contributed by atoms with E-state index < -0.39 is 7.92 Å².